The Morgan fingerprint density at radius 2 is 2.00 bits per heavy atom. The van der Waals surface area contributed by atoms with Gasteiger partial charge in [-0.1, -0.05) is 0 Å². The lowest BCUT2D eigenvalue weighted by molar-refractivity contribution is -0.136. The van der Waals surface area contributed by atoms with Gasteiger partial charge in [-0.3, -0.25) is 4.79 Å². The highest BCUT2D eigenvalue weighted by molar-refractivity contribution is 7.12. The Labute approximate surface area is 113 Å². The van der Waals surface area contributed by atoms with Gasteiger partial charge in [0.25, 0.3) is 0 Å². The number of nitrogens with one attached hydrogen (secondary N) is 1. The van der Waals surface area contributed by atoms with Crippen LogP contribution in [-0.2, 0) is 17.8 Å². The predicted molar refractivity (Wildman–Crippen MR) is 71.1 cm³/mol. The standard InChI is InChI=1S/C13H12FNO3S/c14-11-5-8(1-4-12(11)16)15-7-10-3-2-9(19-10)6-13(17)18/h1-5,15-16H,6-7H2,(H,17,18). The molecular weight excluding hydrogens is 269 g/mol. The van der Waals surface area contributed by atoms with E-state index < -0.39 is 11.8 Å². The molecule has 0 amide bonds. The number of carboxylic acids is 1. The van der Waals surface area contributed by atoms with E-state index in [9.17, 15) is 9.18 Å². The molecule has 0 radical (unpaired) electrons. The van der Waals surface area contributed by atoms with Crippen molar-refractivity contribution < 1.29 is 19.4 Å². The highest BCUT2D eigenvalue weighted by atomic mass is 32.1. The third-order valence-electron chi connectivity index (χ3n) is 2.46. The molecule has 0 fully saturated rings. The van der Waals surface area contributed by atoms with Crippen molar-refractivity contribution in [3.63, 3.8) is 0 Å². The maximum Gasteiger partial charge on any atom is 0.308 e. The fourth-order valence-corrected chi connectivity index (χ4v) is 2.52. The van der Waals surface area contributed by atoms with Crippen LogP contribution in [0.4, 0.5) is 10.1 Å². The third-order valence-corrected chi connectivity index (χ3v) is 3.54. The van der Waals surface area contributed by atoms with Crippen molar-refractivity contribution in [2.45, 2.75) is 13.0 Å². The number of thiophene rings is 1. The molecule has 0 atom stereocenters. The molecular formula is C13H12FNO3S. The molecule has 1 heterocycles. The van der Waals surface area contributed by atoms with Gasteiger partial charge >= 0.3 is 5.97 Å². The average molecular weight is 281 g/mol. The number of anilines is 1. The van der Waals surface area contributed by atoms with E-state index in [2.05, 4.69) is 5.32 Å². The molecule has 2 aromatic rings. The van der Waals surface area contributed by atoms with Crippen molar-refractivity contribution in [2.75, 3.05) is 5.32 Å². The van der Waals surface area contributed by atoms with Crippen molar-refractivity contribution >= 4 is 23.0 Å². The summed E-state index contributed by atoms with van der Waals surface area (Å²) in [6, 6.07) is 7.67. The Morgan fingerprint density at radius 1 is 1.26 bits per heavy atom. The van der Waals surface area contributed by atoms with Crippen LogP contribution in [0.15, 0.2) is 30.3 Å². The molecule has 0 aliphatic heterocycles. The minimum atomic E-state index is -0.859. The quantitative estimate of drug-likeness (QED) is 0.737. The topological polar surface area (TPSA) is 69.6 Å². The lowest BCUT2D eigenvalue weighted by atomic mass is 10.3. The first-order valence-electron chi connectivity index (χ1n) is 5.56. The summed E-state index contributed by atoms with van der Waals surface area (Å²) in [7, 11) is 0. The average Bonchev–Trinajstić information content (AvgIpc) is 2.77. The first-order valence-corrected chi connectivity index (χ1v) is 6.38. The summed E-state index contributed by atoms with van der Waals surface area (Å²) in [4.78, 5) is 12.3. The van der Waals surface area contributed by atoms with Crippen LogP contribution in [0.1, 0.15) is 9.75 Å². The fourth-order valence-electron chi connectivity index (χ4n) is 1.57. The summed E-state index contributed by atoms with van der Waals surface area (Å²) < 4.78 is 13.1. The number of aromatic hydroxyl groups is 1. The number of carboxylic acid groups (broad SMARTS) is 1. The molecule has 19 heavy (non-hydrogen) atoms. The number of benzene rings is 1. The van der Waals surface area contributed by atoms with Gasteiger partial charge in [-0.25, -0.2) is 4.39 Å². The second kappa shape index (κ2) is 5.71. The maximum atomic E-state index is 13.1. The van der Waals surface area contributed by atoms with Gasteiger partial charge < -0.3 is 15.5 Å². The molecule has 0 spiro atoms. The number of rotatable bonds is 5. The smallest absolute Gasteiger partial charge is 0.308 e. The van der Waals surface area contributed by atoms with Crippen LogP contribution in [0.25, 0.3) is 0 Å². The van der Waals surface area contributed by atoms with E-state index in [-0.39, 0.29) is 12.2 Å². The van der Waals surface area contributed by atoms with E-state index in [0.717, 1.165) is 9.75 Å². The van der Waals surface area contributed by atoms with Gasteiger partial charge in [0.2, 0.25) is 0 Å². The van der Waals surface area contributed by atoms with Crippen LogP contribution in [0.2, 0.25) is 0 Å². The van der Waals surface area contributed by atoms with Crippen molar-refractivity contribution in [1.82, 2.24) is 0 Å². The largest absolute Gasteiger partial charge is 0.505 e. The molecule has 0 saturated carbocycles. The van der Waals surface area contributed by atoms with Crippen LogP contribution in [0.3, 0.4) is 0 Å². The first kappa shape index (κ1) is 13.4. The zero-order valence-corrected chi connectivity index (χ0v) is 10.7. The summed E-state index contributed by atoms with van der Waals surface area (Å²) in [5.74, 6) is -1.92. The number of halogens is 1. The van der Waals surface area contributed by atoms with Crippen LogP contribution in [0.5, 0.6) is 5.75 Å². The number of hydrogen-bond acceptors (Lipinski definition) is 4. The highest BCUT2D eigenvalue weighted by Gasteiger charge is 2.05. The van der Waals surface area contributed by atoms with Crippen LogP contribution in [0, 0.1) is 5.82 Å². The molecule has 2 rings (SSSR count). The van der Waals surface area contributed by atoms with E-state index >= 15 is 0 Å². The van der Waals surface area contributed by atoms with Crippen molar-refractivity contribution in [3.05, 3.63) is 45.9 Å². The summed E-state index contributed by atoms with van der Waals surface area (Å²) >= 11 is 1.40. The molecule has 1 aromatic carbocycles. The maximum absolute atomic E-state index is 13.1. The second-order valence-electron chi connectivity index (χ2n) is 3.96. The Kier molecular flexibility index (Phi) is 4.01. The second-order valence-corrected chi connectivity index (χ2v) is 5.21. The van der Waals surface area contributed by atoms with Gasteiger partial charge in [0.1, 0.15) is 0 Å². The number of phenols is 1. The Balaban J connectivity index is 1.96. The monoisotopic (exact) mass is 281 g/mol. The SMILES string of the molecule is O=C(O)Cc1ccc(CNc2ccc(O)c(F)c2)s1. The minimum absolute atomic E-state index is 0.0124. The zero-order valence-electron chi connectivity index (χ0n) is 9.89. The normalized spacial score (nSPS) is 10.4. The lowest BCUT2D eigenvalue weighted by Gasteiger charge is -2.05. The van der Waals surface area contributed by atoms with Gasteiger partial charge in [0, 0.05) is 28.1 Å². The number of hydrogen-bond donors (Lipinski definition) is 3. The summed E-state index contributed by atoms with van der Waals surface area (Å²) in [6.45, 7) is 0.481. The number of phenolic OH excluding ortho intramolecular Hbond substituents is 1. The van der Waals surface area contributed by atoms with Gasteiger partial charge in [-0.15, -0.1) is 11.3 Å². The van der Waals surface area contributed by atoms with Gasteiger partial charge in [0.15, 0.2) is 11.6 Å². The highest BCUT2D eigenvalue weighted by Crippen LogP contribution is 2.22. The van der Waals surface area contributed by atoms with E-state index in [0.29, 0.717) is 12.2 Å². The van der Waals surface area contributed by atoms with E-state index in [4.69, 9.17) is 10.2 Å². The molecule has 0 bridgehead atoms. The van der Waals surface area contributed by atoms with Gasteiger partial charge in [-0.2, -0.15) is 0 Å². The predicted octanol–water partition coefficient (Wildman–Crippen LogP) is 2.83. The lowest BCUT2D eigenvalue weighted by Crippen LogP contribution is -1.98. The van der Waals surface area contributed by atoms with E-state index in [1.54, 1.807) is 12.1 Å². The Morgan fingerprint density at radius 3 is 2.68 bits per heavy atom. The van der Waals surface area contributed by atoms with Gasteiger partial charge in [-0.05, 0) is 24.3 Å². The van der Waals surface area contributed by atoms with Gasteiger partial charge in [0.05, 0.1) is 6.42 Å². The zero-order chi connectivity index (χ0) is 13.8. The Hall–Kier alpha value is -2.08. The van der Waals surface area contributed by atoms with Crippen LogP contribution < -0.4 is 5.32 Å². The molecule has 6 heteroatoms. The molecule has 0 aliphatic carbocycles. The molecule has 0 aliphatic rings. The molecule has 4 nitrogen and oxygen atoms in total. The summed E-state index contributed by atoms with van der Waals surface area (Å²) in [6.07, 6.45) is 0.0124. The third kappa shape index (κ3) is 3.69. The molecule has 3 N–H and O–H groups in total. The summed E-state index contributed by atoms with van der Waals surface area (Å²) in [5.41, 5.74) is 0.559. The minimum Gasteiger partial charge on any atom is -0.505 e. The number of aliphatic carboxylic acids is 1. The van der Waals surface area contributed by atoms with Crippen molar-refractivity contribution in [3.8, 4) is 5.75 Å². The number of carbonyl (C=O) groups is 1. The Bertz CT molecular complexity index is 597. The fraction of sp³-hybridized carbons (Fsp3) is 0.154. The molecule has 0 unspecified atom stereocenters. The van der Waals surface area contributed by atoms with Crippen molar-refractivity contribution in [1.29, 1.82) is 0 Å². The van der Waals surface area contributed by atoms with E-state index in [1.807, 2.05) is 6.07 Å². The molecule has 0 saturated heterocycles. The van der Waals surface area contributed by atoms with Crippen molar-refractivity contribution in [2.24, 2.45) is 0 Å². The first-order chi connectivity index (χ1) is 9.04. The van der Waals surface area contributed by atoms with Crippen LogP contribution >= 0.6 is 11.3 Å². The molecule has 1 aromatic heterocycles. The summed E-state index contributed by atoms with van der Waals surface area (Å²) in [5, 5.41) is 20.7. The van der Waals surface area contributed by atoms with Crippen LogP contribution in [-0.4, -0.2) is 16.2 Å². The molecule has 100 valence electrons. The van der Waals surface area contributed by atoms with E-state index in [1.165, 1.54) is 23.5 Å².